The second kappa shape index (κ2) is 4.42. The number of aliphatic hydroxyl groups is 1. The highest BCUT2D eigenvalue weighted by Crippen LogP contribution is 2.30. The van der Waals surface area contributed by atoms with Gasteiger partial charge >= 0.3 is 0 Å². The number of hydrogen-bond acceptors (Lipinski definition) is 3. The lowest BCUT2D eigenvalue weighted by Crippen LogP contribution is -2.35. The predicted octanol–water partition coefficient (Wildman–Crippen LogP) is 1.84. The van der Waals surface area contributed by atoms with E-state index in [9.17, 15) is 14.3 Å². The van der Waals surface area contributed by atoms with E-state index in [1.54, 1.807) is 0 Å². The lowest BCUT2D eigenvalue weighted by Gasteiger charge is -2.22. The van der Waals surface area contributed by atoms with Crippen molar-refractivity contribution in [2.24, 2.45) is 0 Å². The maximum atomic E-state index is 13.1. The standard InChI is InChI=1S/C14H15FN2O2/c15-10-3-4-11-12(7-10)16-9-17(13(11)18)8-14(19)5-1-2-6-14/h3-4,7,9,19H,1-2,5-6,8H2. The molecule has 1 fully saturated rings. The summed E-state index contributed by atoms with van der Waals surface area (Å²) < 4.78 is 14.5. The van der Waals surface area contributed by atoms with Gasteiger partial charge in [-0.05, 0) is 25.0 Å². The van der Waals surface area contributed by atoms with Gasteiger partial charge in [0.2, 0.25) is 0 Å². The van der Waals surface area contributed by atoms with Crippen molar-refractivity contribution in [3.63, 3.8) is 0 Å². The number of halogens is 1. The molecule has 5 heteroatoms. The van der Waals surface area contributed by atoms with E-state index in [2.05, 4.69) is 4.98 Å². The molecule has 19 heavy (non-hydrogen) atoms. The summed E-state index contributed by atoms with van der Waals surface area (Å²) in [6, 6.07) is 3.93. The van der Waals surface area contributed by atoms with Gasteiger partial charge in [0, 0.05) is 6.07 Å². The first-order chi connectivity index (χ1) is 9.07. The highest BCUT2D eigenvalue weighted by atomic mass is 19.1. The molecule has 2 aromatic rings. The average Bonchev–Trinajstić information content (AvgIpc) is 2.80. The van der Waals surface area contributed by atoms with Gasteiger partial charge in [-0.15, -0.1) is 0 Å². The van der Waals surface area contributed by atoms with Crippen LogP contribution in [0.3, 0.4) is 0 Å². The van der Waals surface area contributed by atoms with E-state index in [1.165, 1.54) is 29.1 Å². The molecule has 0 unspecified atom stereocenters. The Labute approximate surface area is 109 Å². The Hall–Kier alpha value is -1.75. The van der Waals surface area contributed by atoms with Crippen LogP contribution in [0.25, 0.3) is 10.9 Å². The number of nitrogens with zero attached hydrogens (tertiary/aromatic N) is 2. The van der Waals surface area contributed by atoms with Crippen LogP contribution in [0.1, 0.15) is 25.7 Å². The first kappa shape index (κ1) is 12.3. The molecule has 0 bridgehead atoms. The van der Waals surface area contributed by atoms with Crippen molar-refractivity contribution in [1.29, 1.82) is 0 Å². The van der Waals surface area contributed by atoms with E-state index < -0.39 is 11.4 Å². The third kappa shape index (κ3) is 2.26. The number of hydrogen-bond donors (Lipinski definition) is 1. The zero-order chi connectivity index (χ0) is 13.5. The van der Waals surface area contributed by atoms with E-state index in [4.69, 9.17) is 0 Å². The van der Waals surface area contributed by atoms with Gasteiger partial charge in [-0.3, -0.25) is 9.36 Å². The maximum absolute atomic E-state index is 13.1. The number of rotatable bonds is 2. The summed E-state index contributed by atoms with van der Waals surface area (Å²) in [5.74, 6) is -0.411. The van der Waals surface area contributed by atoms with Crippen LogP contribution < -0.4 is 5.56 Å². The van der Waals surface area contributed by atoms with Crippen LogP contribution >= 0.6 is 0 Å². The van der Waals surface area contributed by atoms with E-state index in [0.29, 0.717) is 23.7 Å². The Morgan fingerprint density at radius 3 is 2.84 bits per heavy atom. The molecule has 1 aliphatic rings. The minimum absolute atomic E-state index is 0.231. The minimum Gasteiger partial charge on any atom is -0.388 e. The summed E-state index contributed by atoms with van der Waals surface area (Å²) in [5, 5.41) is 10.7. The Bertz CT molecular complexity index is 675. The van der Waals surface area contributed by atoms with Crippen molar-refractivity contribution >= 4 is 10.9 Å². The van der Waals surface area contributed by atoms with Crippen LogP contribution in [-0.2, 0) is 6.54 Å². The fourth-order valence-corrected chi connectivity index (χ4v) is 2.75. The molecule has 0 amide bonds. The van der Waals surface area contributed by atoms with Crippen molar-refractivity contribution in [2.75, 3.05) is 0 Å². The van der Waals surface area contributed by atoms with Crippen LogP contribution in [0.2, 0.25) is 0 Å². The Balaban J connectivity index is 2.03. The molecular formula is C14H15FN2O2. The van der Waals surface area contributed by atoms with Gasteiger partial charge in [-0.2, -0.15) is 0 Å². The summed E-state index contributed by atoms with van der Waals surface area (Å²) in [4.78, 5) is 16.3. The van der Waals surface area contributed by atoms with Crippen LogP contribution in [0, 0.1) is 5.82 Å². The number of fused-ring (bicyclic) bond motifs is 1. The molecule has 100 valence electrons. The third-order valence-corrected chi connectivity index (χ3v) is 3.79. The largest absolute Gasteiger partial charge is 0.388 e. The predicted molar refractivity (Wildman–Crippen MR) is 69.4 cm³/mol. The fourth-order valence-electron chi connectivity index (χ4n) is 2.75. The average molecular weight is 262 g/mol. The SMILES string of the molecule is O=c1c2ccc(F)cc2ncn1CC1(O)CCCC1. The maximum Gasteiger partial charge on any atom is 0.261 e. The molecular weight excluding hydrogens is 247 g/mol. The Morgan fingerprint density at radius 1 is 1.37 bits per heavy atom. The lowest BCUT2D eigenvalue weighted by molar-refractivity contribution is 0.0288. The lowest BCUT2D eigenvalue weighted by atomic mass is 10.0. The van der Waals surface area contributed by atoms with Gasteiger partial charge in [-0.25, -0.2) is 9.37 Å². The second-order valence-electron chi connectivity index (χ2n) is 5.27. The monoisotopic (exact) mass is 262 g/mol. The molecule has 0 spiro atoms. The Kier molecular flexibility index (Phi) is 2.86. The molecule has 3 rings (SSSR count). The van der Waals surface area contributed by atoms with Gasteiger partial charge in [0.25, 0.3) is 5.56 Å². The molecule has 0 radical (unpaired) electrons. The summed E-state index contributed by atoms with van der Waals surface area (Å²) in [7, 11) is 0. The minimum atomic E-state index is -0.806. The third-order valence-electron chi connectivity index (χ3n) is 3.79. The van der Waals surface area contributed by atoms with Crippen molar-refractivity contribution in [3.8, 4) is 0 Å². The van der Waals surface area contributed by atoms with Gasteiger partial charge in [0.05, 0.1) is 29.4 Å². The first-order valence-electron chi connectivity index (χ1n) is 6.45. The Morgan fingerprint density at radius 2 is 2.11 bits per heavy atom. The number of aromatic nitrogens is 2. The second-order valence-corrected chi connectivity index (χ2v) is 5.27. The first-order valence-corrected chi connectivity index (χ1v) is 6.45. The zero-order valence-electron chi connectivity index (χ0n) is 10.5. The summed E-state index contributed by atoms with van der Waals surface area (Å²) in [5.41, 5.74) is -0.691. The van der Waals surface area contributed by atoms with Crippen molar-refractivity contribution < 1.29 is 9.50 Å². The highest BCUT2D eigenvalue weighted by Gasteiger charge is 2.31. The molecule has 1 aromatic carbocycles. The molecule has 4 nitrogen and oxygen atoms in total. The van der Waals surface area contributed by atoms with E-state index in [-0.39, 0.29) is 12.1 Å². The van der Waals surface area contributed by atoms with Gasteiger partial charge in [-0.1, -0.05) is 12.8 Å². The number of benzene rings is 1. The van der Waals surface area contributed by atoms with Crippen LogP contribution in [0.4, 0.5) is 4.39 Å². The fraction of sp³-hybridized carbons (Fsp3) is 0.429. The molecule has 1 heterocycles. The molecule has 1 N–H and O–H groups in total. The molecule has 0 atom stereocenters. The van der Waals surface area contributed by atoms with Crippen molar-refractivity contribution in [3.05, 3.63) is 40.7 Å². The smallest absolute Gasteiger partial charge is 0.261 e. The van der Waals surface area contributed by atoms with Crippen molar-refractivity contribution in [1.82, 2.24) is 9.55 Å². The van der Waals surface area contributed by atoms with Crippen LogP contribution in [-0.4, -0.2) is 20.3 Å². The van der Waals surface area contributed by atoms with Crippen LogP contribution in [0.15, 0.2) is 29.3 Å². The van der Waals surface area contributed by atoms with Gasteiger partial charge in [0.15, 0.2) is 0 Å². The van der Waals surface area contributed by atoms with Gasteiger partial charge in [0.1, 0.15) is 5.82 Å². The summed E-state index contributed by atoms with van der Waals surface area (Å²) in [6.07, 6.45) is 4.77. The van der Waals surface area contributed by atoms with E-state index >= 15 is 0 Å². The van der Waals surface area contributed by atoms with Gasteiger partial charge < -0.3 is 5.11 Å². The summed E-state index contributed by atoms with van der Waals surface area (Å²) in [6.45, 7) is 0.256. The molecule has 0 saturated heterocycles. The zero-order valence-corrected chi connectivity index (χ0v) is 10.5. The van der Waals surface area contributed by atoms with Crippen LogP contribution in [0.5, 0.6) is 0 Å². The quantitative estimate of drug-likeness (QED) is 0.898. The van der Waals surface area contributed by atoms with Crippen molar-refractivity contribution in [2.45, 2.75) is 37.8 Å². The van der Waals surface area contributed by atoms with E-state index in [0.717, 1.165) is 12.8 Å². The normalized spacial score (nSPS) is 18.0. The molecule has 0 aliphatic heterocycles. The topological polar surface area (TPSA) is 55.1 Å². The molecule has 1 aromatic heterocycles. The molecule has 1 saturated carbocycles. The molecule has 1 aliphatic carbocycles. The highest BCUT2D eigenvalue weighted by molar-refractivity contribution is 5.77. The van der Waals surface area contributed by atoms with E-state index in [1.807, 2.05) is 0 Å². The summed E-state index contributed by atoms with van der Waals surface area (Å²) >= 11 is 0.